The van der Waals surface area contributed by atoms with E-state index in [1.54, 1.807) is 24.3 Å². The van der Waals surface area contributed by atoms with Gasteiger partial charge in [0.25, 0.3) is 5.91 Å². The van der Waals surface area contributed by atoms with E-state index in [2.05, 4.69) is 15.5 Å². The highest BCUT2D eigenvalue weighted by Crippen LogP contribution is 2.31. The summed E-state index contributed by atoms with van der Waals surface area (Å²) in [5, 5.41) is 38.9. The fraction of sp³-hybridized carbons (Fsp3) is 0.500. The zero-order valence-corrected chi connectivity index (χ0v) is 18.8. The lowest BCUT2D eigenvalue weighted by molar-refractivity contribution is -0.265. The molecule has 3 rings (SSSR count). The van der Waals surface area contributed by atoms with Crippen LogP contribution in [0.2, 0.25) is 0 Å². The Morgan fingerprint density at radius 3 is 2.53 bits per heavy atom. The topological polar surface area (TPSA) is 180 Å². The van der Waals surface area contributed by atoms with Crippen molar-refractivity contribution in [3.63, 3.8) is 0 Å². The van der Waals surface area contributed by atoms with E-state index in [-0.39, 0.29) is 18.3 Å². The van der Waals surface area contributed by atoms with Crippen molar-refractivity contribution in [1.29, 1.82) is 0 Å². The summed E-state index contributed by atoms with van der Waals surface area (Å²) in [4.78, 5) is 22.9. The molecule has 0 unspecified atom stereocenters. The van der Waals surface area contributed by atoms with Crippen molar-refractivity contribution in [2.75, 3.05) is 13.2 Å². The van der Waals surface area contributed by atoms with Gasteiger partial charge in [0.05, 0.1) is 13.2 Å². The molecule has 2 heterocycles. The number of aliphatic hydroxyl groups is 3. The number of H-pyrrole nitrogens is 1. The molecule has 1 aromatic carbocycles. The van der Waals surface area contributed by atoms with Crippen molar-refractivity contribution >= 4 is 11.8 Å². The molecule has 0 bridgehead atoms. The van der Waals surface area contributed by atoms with Crippen LogP contribution >= 0.6 is 0 Å². The number of nitrogens with two attached hydrogens (primary N) is 1. The summed E-state index contributed by atoms with van der Waals surface area (Å²) in [6.07, 6.45) is -7.92. The van der Waals surface area contributed by atoms with Gasteiger partial charge in [-0.3, -0.25) is 14.7 Å². The van der Waals surface area contributed by atoms with Crippen LogP contribution in [0.5, 0.6) is 5.88 Å². The number of aromatic nitrogens is 2. The molecular formula is C22H29FN4O7. The molecule has 11 nitrogen and oxygen atoms in total. The number of carbonyl (C=O) groups excluding carboxylic acids is 2. The lowest BCUT2D eigenvalue weighted by Gasteiger charge is -2.38. The van der Waals surface area contributed by atoms with Crippen LogP contribution in [0.4, 0.5) is 4.39 Å². The van der Waals surface area contributed by atoms with E-state index < -0.39 is 49.2 Å². The number of hydrogen-bond acceptors (Lipinski definition) is 8. The summed E-state index contributed by atoms with van der Waals surface area (Å²) >= 11 is 0. The molecule has 1 aromatic heterocycles. The first kappa shape index (κ1) is 25.6. The van der Waals surface area contributed by atoms with E-state index in [1.807, 2.05) is 13.8 Å². The van der Waals surface area contributed by atoms with Crippen LogP contribution < -0.4 is 15.8 Å². The summed E-state index contributed by atoms with van der Waals surface area (Å²) < 4.78 is 25.0. The number of aliphatic hydroxyl groups excluding tert-OH is 3. The third kappa shape index (κ3) is 5.70. The van der Waals surface area contributed by atoms with Gasteiger partial charge in [0.2, 0.25) is 18.1 Å². The number of aromatic amines is 1. The third-order valence-electron chi connectivity index (χ3n) is 5.49. The monoisotopic (exact) mass is 480 g/mol. The molecule has 0 radical (unpaired) electrons. The number of ether oxygens (including phenoxy) is 2. The maximum absolute atomic E-state index is 14.0. The normalized spacial score (nSPS) is 24.7. The van der Waals surface area contributed by atoms with Gasteiger partial charge >= 0.3 is 0 Å². The smallest absolute Gasteiger partial charge is 0.251 e. The largest absolute Gasteiger partial charge is 0.443 e. The van der Waals surface area contributed by atoms with Gasteiger partial charge in [0.1, 0.15) is 18.3 Å². The number of hydrogen-bond donors (Lipinski definition) is 6. The lowest BCUT2D eigenvalue weighted by Crippen LogP contribution is -2.58. The first-order valence-electron chi connectivity index (χ1n) is 10.8. The molecule has 0 aliphatic carbocycles. The van der Waals surface area contributed by atoms with Crippen LogP contribution in [-0.4, -0.2) is 81.3 Å². The van der Waals surface area contributed by atoms with Crippen molar-refractivity contribution < 1.29 is 38.8 Å². The van der Waals surface area contributed by atoms with Gasteiger partial charge in [-0.25, -0.2) is 4.39 Å². The summed E-state index contributed by atoms with van der Waals surface area (Å²) in [5.41, 5.74) is 7.59. The molecule has 1 aliphatic heterocycles. The maximum atomic E-state index is 14.0. The summed E-state index contributed by atoms with van der Waals surface area (Å²) in [5.74, 6) is -0.961. The minimum absolute atomic E-state index is 0.0295. The van der Waals surface area contributed by atoms with Crippen molar-refractivity contribution in [1.82, 2.24) is 15.5 Å². The van der Waals surface area contributed by atoms with E-state index in [4.69, 9.17) is 15.2 Å². The molecule has 12 heteroatoms. The summed E-state index contributed by atoms with van der Waals surface area (Å²) in [6.45, 7) is 2.92. The fourth-order valence-corrected chi connectivity index (χ4v) is 3.60. The molecule has 0 saturated carbocycles. The van der Waals surface area contributed by atoms with E-state index >= 15 is 0 Å². The van der Waals surface area contributed by atoms with Gasteiger partial charge in [-0.1, -0.05) is 26.0 Å². The van der Waals surface area contributed by atoms with Gasteiger partial charge in [-0.05, 0) is 23.6 Å². The van der Waals surface area contributed by atoms with Crippen LogP contribution in [0.15, 0.2) is 24.3 Å². The highest BCUT2D eigenvalue weighted by molar-refractivity contribution is 5.96. The number of carbonyl (C=O) groups is 2. The Hall–Kier alpha value is -3.06. The number of nitrogens with one attached hydrogen (secondary N) is 2. The lowest BCUT2D eigenvalue weighted by atomic mass is 9.98. The van der Waals surface area contributed by atoms with Gasteiger partial charge in [-0.2, -0.15) is 0 Å². The van der Waals surface area contributed by atoms with Crippen LogP contribution in [0.3, 0.4) is 0 Å². The third-order valence-corrected chi connectivity index (χ3v) is 5.49. The number of benzene rings is 1. The van der Waals surface area contributed by atoms with E-state index in [0.717, 1.165) is 11.3 Å². The Balaban J connectivity index is 1.79. The molecule has 1 fully saturated rings. The molecule has 186 valence electrons. The molecule has 2 aromatic rings. The first-order valence-corrected chi connectivity index (χ1v) is 10.8. The van der Waals surface area contributed by atoms with Crippen molar-refractivity contribution in [3.05, 3.63) is 46.6 Å². The summed E-state index contributed by atoms with van der Waals surface area (Å²) in [7, 11) is 0. The number of primary amides is 1. The number of halogens is 1. The predicted molar refractivity (Wildman–Crippen MR) is 117 cm³/mol. The average molecular weight is 480 g/mol. The number of amides is 2. The van der Waals surface area contributed by atoms with Crippen LogP contribution in [0, 0.1) is 0 Å². The van der Waals surface area contributed by atoms with Gasteiger partial charge in [-0.15, -0.1) is 5.10 Å². The highest BCUT2D eigenvalue weighted by atomic mass is 19.1. The second-order valence-corrected chi connectivity index (χ2v) is 8.37. The Labute approximate surface area is 195 Å². The highest BCUT2D eigenvalue weighted by Gasteiger charge is 2.46. The Bertz CT molecular complexity index is 996. The maximum Gasteiger partial charge on any atom is 0.251 e. The van der Waals surface area contributed by atoms with Gasteiger partial charge in [0, 0.05) is 23.2 Å². The first-order chi connectivity index (χ1) is 16.1. The second-order valence-electron chi connectivity index (χ2n) is 8.37. The predicted octanol–water partition coefficient (Wildman–Crippen LogP) is -0.505. The minimum atomic E-state index is -1.97. The minimum Gasteiger partial charge on any atom is -0.443 e. The average Bonchev–Trinajstić information content (AvgIpc) is 3.20. The zero-order valence-electron chi connectivity index (χ0n) is 18.8. The molecule has 5 atom stereocenters. The Kier molecular flexibility index (Phi) is 8.20. The second kappa shape index (κ2) is 10.9. The van der Waals surface area contributed by atoms with Crippen molar-refractivity contribution in [2.24, 2.45) is 5.73 Å². The van der Waals surface area contributed by atoms with Gasteiger partial charge < -0.3 is 35.8 Å². The molecule has 2 amide bonds. The molecule has 0 spiro atoms. The zero-order chi connectivity index (χ0) is 25.0. The summed E-state index contributed by atoms with van der Waals surface area (Å²) in [6, 6.07) is 6.65. The Morgan fingerprint density at radius 2 is 1.94 bits per heavy atom. The van der Waals surface area contributed by atoms with E-state index in [1.165, 1.54) is 0 Å². The number of nitrogens with zero attached hydrogens (tertiary/aromatic N) is 1. The number of alkyl halides is 1. The van der Waals surface area contributed by atoms with E-state index in [0.29, 0.717) is 17.5 Å². The Morgan fingerprint density at radius 1 is 1.26 bits per heavy atom. The van der Waals surface area contributed by atoms with Crippen molar-refractivity contribution in [2.45, 2.75) is 57.0 Å². The van der Waals surface area contributed by atoms with Crippen LogP contribution in [0.1, 0.15) is 46.9 Å². The number of rotatable bonds is 9. The molecule has 1 saturated heterocycles. The van der Waals surface area contributed by atoms with Crippen LogP contribution in [0.25, 0.3) is 0 Å². The molecule has 7 N–H and O–H groups in total. The van der Waals surface area contributed by atoms with E-state index in [9.17, 15) is 29.3 Å². The standard InChI is InChI=1S/C22H29FN4O7/c1-10(2)17-13(7-11-3-5-12(6-4-11)20(32)25-8-15(24)29)21(27-26-17)34-22-19(31)18(30)16(23)14(9-28)33-22/h3-6,10,14,16,18-19,22,28,30-31H,7-9H2,1-2H3,(H2,24,29)(H,25,32)(H,26,27)/t14-,16-,18+,19-,22+/m1/s1. The SMILES string of the molecule is CC(C)c1[nH]nc(O[C@@H]2O[C@H](CO)[C@@H](F)[C@H](O)[C@H]2O)c1Cc1ccc(C(=O)NCC(N)=O)cc1. The van der Waals surface area contributed by atoms with Crippen LogP contribution in [-0.2, 0) is 16.0 Å². The van der Waals surface area contributed by atoms with Crippen molar-refractivity contribution in [3.8, 4) is 5.88 Å². The fourth-order valence-electron chi connectivity index (χ4n) is 3.60. The molecule has 34 heavy (non-hydrogen) atoms. The molecule has 1 aliphatic rings. The quantitative estimate of drug-likeness (QED) is 0.278. The molecular weight excluding hydrogens is 451 g/mol. The van der Waals surface area contributed by atoms with Gasteiger partial charge in [0.15, 0.2) is 6.17 Å².